The number of ether oxygens (including phenoxy) is 1. The van der Waals surface area contributed by atoms with Gasteiger partial charge in [0.2, 0.25) is 0 Å². The average molecular weight is 508 g/mol. The van der Waals surface area contributed by atoms with Crippen LogP contribution in [0.25, 0.3) is 5.65 Å². The van der Waals surface area contributed by atoms with Gasteiger partial charge in [-0.15, -0.1) is 0 Å². The Morgan fingerprint density at radius 1 is 1.11 bits per heavy atom. The molecule has 1 saturated carbocycles. The first-order chi connectivity index (χ1) is 18.0. The van der Waals surface area contributed by atoms with E-state index in [4.69, 9.17) is 14.8 Å². The number of hydrogen-bond acceptors (Lipinski definition) is 7. The molecule has 2 N–H and O–H groups in total. The van der Waals surface area contributed by atoms with Gasteiger partial charge < -0.3 is 25.2 Å². The molecule has 1 atom stereocenters. The molecule has 1 aliphatic carbocycles. The van der Waals surface area contributed by atoms with E-state index in [-0.39, 0.29) is 35.8 Å². The van der Waals surface area contributed by atoms with Crippen molar-refractivity contribution in [3.8, 4) is 5.75 Å². The number of rotatable bonds is 2. The lowest BCUT2D eigenvalue weighted by atomic mass is 9.98. The molecule has 37 heavy (non-hydrogen) atoms. The monoisotopic (exact) mass is 507 g/mol. The maximum atomic E-state index is 14.2. The highest BCUT2D eigenvalue weighted by atomic mass is 19.1. The summed E-state index contributed by atoms with van der Waals surface area (Å²) in [7, 11) is 1.95. The maximum Gasteiger partial charge on any atom is 0.258 e. The van der Waals surface area contributed by atoms with Crippen molar-refractivity contribution in [2.24, 2.45) is 0 Å². The number of halogens is 1. The second kappa shape index (κ2) is 9.53. The number of carbonyl (C=O) groups is 2. The van der Waals surface area contributed by atoms with Crippen LogP contribution in [-0.2, 0) is 4.79 Å². The lowest BCUT2D eigenvalue weighted by Gasteiger charge is -2.35. The van der Waals surface area contributed by atoms with Gasteiger partial charge >= 0.3 is 0 Å². The van der Waals surface area contributed by atoms with E-state index in [1.54, 1.807) is 9.42 Å². The molecule has 2 aliphatic heterocycles. The van der Waals surface area contributed by atoms with Crippen molar-refractivity contribution in [2.45, 2.75) is 44.2 Å². The van der Waals surface area contributed by atoms with Crippen LogP contribution >= 0.6 is 0 Å². The van der Waals surface area contributed by atoms with Crippen molar-refractivity contribution in [1.82, 2.24) is 24.8 Å². The summed E-state index contributed by atoms with van der Waals surface area (Å²) in [5, 5.41) is 11.2. The third kappa shape index (κ3) is 4.77. The quantitative estimate of drug-likeness (QED) is 0.550. The van der Waals surface area contributed by atoms with Gasteiger partial charge in [0.25, 0.3) is 11.8 Å². The molecule has 2 aromatic heterocycles. The fourth-order valence-corrected chi connectivity index (χ4v) is 5.03. The number of anilines is 2. The van der Waals surface area contributed by atoms with E-state index in [0.29, 0.717) is 31.3 Å². The number of carbonyl (C=O) groups excluding carboxylic acids is 2. The number of aromatic nitrogens is 3. The summed E-state index contributed by atoms with van der Waals surface area (Å²) in [4.78, 5) is 34.8. The van der Waals surface area contributed by atoms with Gasteiger partial charge in [0, 0.05) is 44.9 Å². The van der Waals surface area contributed by atoms with E-state index in [0.717, 1.165) is 49.4 Å². The lowest BCUT2D eigenvalue weighted by Crippen LogP contribution is -2.39. The van der Waals surface area contributed by atoms with E-state index >= 15 is 0 Å². The fourth-order valence-electron chi connectivity index (χ4n) is 5.03. The minimum atomic E-state index is -0.539. The predicted molar refractivity (Wildman–Crippen MR) is 135 cm³/mol. The summed E-state index contributed by atoms with van der Waals surface area (Å²) < 4.78 is 21.7. The van der Waals surface area contributed by atoms with Crippen LogP contribution in [0.2, 0.25) is 0 Å². The third-order valence-electron chi connectivity index (χ3n) is 7.15. The van der Waals surface area contributed by atoms with E-state index in [9.17, 15) is 14.0 Å². The minimum Gasteiger partial charge on any atom is -0.483 e. The molecule has 4 heterocycles. The first-order valence-corrected chi connectivity index (χ1v) is 12.8. The van der Waals surface area contributed by atoms with Gasteiger partial charge in [-0.05, 0) is 50.3 Å². The van der Waals surface area contributed by atoms with Crippen molar-refractivity contribution < 1.29 is 18.7 Å². The number of amides is 2. The Labute approximate surface area is 213 Å². The van der Waals surface area contributed by atoms with Gasteiger partial charge in [0.05, 0.1) is 17.3 Å². The Morgan fingerprint density at radius 2 is 1.97 bits per heavy atom. The molecule has 6 rings (SSSR count). The van der Waals surface area contributed by atoms with Crippen LogP contribution in [-0.4, -0.2) is 70.6 Å². The largest absolute Gasteiger partial charge is 0.483 e. The number of hydrogen-bond donors (Lipinski definition) is 2. The zero-order chi connectivity index (χ0) is 25.5. The molecule has 3 aromatic rings. The van der Waals surface area contributed by atoms with E-state index in [1.807, 2.05) is 24.1 Å². The van der Waals surface area contributed by atoms with Crippen LogP contribution in [0.1, 0.15) is 54.2 Å². The SMILES string of the molecule is CN1CCNC(=O)COc2ccc(F)cc2C(=O)N2CCCC[C@H]2c2cc3nc(NC4CC4)cc1n3n2. The number of likely N-dealkylation sites (N-methyl/N-ethyl adjacent to an activating group) is 1. The van der Waals surface area contributed by atoms with Gasteiger partial charge in [0.15, 0.2) is 12.3 Å². The van der Waals surface area contributed by atoms with E-state index in [1.165, 1.54) is 18.2 Å². The second-order valence-corrected chi connectivity index (χ2v) is 9.97. The lowest BCUT2D eigenvalue weighted by molar-refractivity contribution is -0.123. The molecule has 2 bridgehead atoms. The molecule has 1 saturated heterocycles. The molecule has 0 unspecified atom stereocenters. The Bertz CT molecular complexity index is 1360. The number of fused-ring (bicyclic) bond motifs is 4. The topological polar surface area (TPSA) is 104 Å². The molecule has 2 amide bonds. The van der Waals surface area contributed by atoms with Gasteiger partial charge in [-0.3, -0.25) is 9.59 Å². The number of piperidine rings is 1. The van der Waals surface area contributed by atoms with Crippen molar-refractivity contribution in [3.63, 3.8) is 0 Å². The van der Waals surface area contributed by atoms with Crippen LogP contribution in [0.4, 0.5) is 16.0 Å². The summed E-state index contributed by atoms with van der Waals surface area (Å²) in [5.41, 5.74) is 1.53. The summed E-state index contributed by atoms with van der Waals surface area (Å²) in [6.07, 6.45) is 4.77. The van der Waals surface area contributed by atoms with Crippen LogP contribution in [0.15, 0.2) is 30.3 Å². The molecular weight excluding hydrogens is 477 g/mol. The van der Waals surface area contributed by atoms with Crippen LogP contribution < -0.4 is 20.3 Å². The summed E-state index contributed by atoms with van der Waals surface area (Å²) in [6, 6.07) is 7.87. The zero-order valence-corrected chi connectivity index (χ0v) is 20.7. The maximum absolute atomic E-state index is 14.2. The highest BCUT2D eigenvalue weighted by molar-refractivity contribution is 5.97. The second-order valence-electron chi connectivity index (χ2n) is 9.97. The Hall–Kier alpha value is -3.89. The first-order valence-electron chi connectivity index (χ1n) is 12.8. The smallest absolute Gasteiger partial charge is 0.258 e. The molecule has 11 heteroatoms. The summed E-state index contributed by atoms with van der Waals surface area (Å²) >= 11 is 0. The van der Waals surface area contributed by atoms with Crippen molar-refractivity contribution in [1.29, 1.82) is 0 Å². The molecule has 10 nitrogen and oxygen atoms in total. The van der Waals surface area contributed by atoms with Crippen molar-refractivity contribution >= 4 is 29.1 Å². The molecular formula is C26H30FN7O3. The van der Waals surface area contributed by atoms with E-state index in [2.05, 4.69) is 10.6 Å². The normalized spacial score (nSPS) is 20.9. The Morgan fingerprint density at radius 3 is 2.81 bits per heavy atom. The standard InChI is InChI=1S/C26H30FN7O3/c1-32-11-9-28-24(35)15-37-21-8-5-16(27)12-18(21)26(36)33-10-3-2-4-20(33)19-13-23-30-22(29-17-6-7-17)14-25(32)34(23)31-19/h5,8,12-14,17,20H,2-4,6-7,9-11,15H2,1H3,(H,28,35)(H,29,30)/t20-/m0/s1. The third-order valence-corrected chi connectivity index (χ3v) is 7.15. The Balaban J connectivity index is 1.45. The highest BCUT2D eigenvalue weighted by Gasteiger charge is 2.33. The number of benzene rings is 1. The summed E-state index contributed by atoms with van der Waals surface area (Å²) in [5.74, 6) is 0.590. The number of nitrogens with one attached hydrogen (secondary N) is 2. The average Bonchev–Trinajstić information content (AvgIpc) is 3.61. The molecule has 2 fully saturated rings. The Kier molecular flexibility index (Phi) is 6.05. The van der Waals surface area contributed by atoms with Gasteiger partial charge in [-0.1, -0.05) is 0 Å². The molecule has 0 radical (unpaired) electrons. The van der Waals surface area contributed by atoms with Gasteiger partial charge in [-0.2, -0.15) is 9.61 Å². The van der Waals surface area contributed by atoms with Gasteiger partial charge in [0.1, 0.15) is 23.2 Å². The van der Waals surface area contributed by atoms with Crippen molar-refractivity contribution in [2.75, 3.05) is 43.5 Å². The van der Waals surface area contributed by atoms with Crippen molar-refractivity contribution in [3.05, 3.63) is 47.4 Å². The highest BCUT2D eigenvalue weighted by Crippen LogP contribution is 2.35. The molecule has 0 spiro atoms. The van der Waals surface area contributed by atoms with Crippen LogP contribution in [0, 0.1) is 5.82 Å². The van der Waals surface area contributed by atoms with Gasteiger partial charge in [-0.25, -0.2) is 9.37 Å². The first kappa shape index (κ1) is 23.5. The predicted octanol–water partition coefficient (Wildman–Crippen LogP) is 2.75. The van der Waals surface area contributed by atoms with Crippen LogP contribution in [0.5, 0.6) is 5.75 Å². The minimum absolute atomic E-state index is 0.102. The van der Waals surface area contributed by atoms with E-state index < -0.39 is 5.82 Å². The molecule has 3 aliphatic rings. The molecule has 1 aromatic carbocycles. The summed E-state index contributed by atoms with van der Waals surface area (Å²) in [6.45, 7) is 1.17. The zero-order valence-electron chi connectivity index (χ0n) is 20.7. The molecule has 194 valence electrons. The fraction of sp³-hybridized carbons (Fsp3) is 0.462. The van der Waals surface area contributed by atoms with Crippen LogP contribution in [0.3, 0.4) is 0 Å². The number of nitrogens with zero attached hydrogens (tertiary/aromatic N) is 5.